The molecule has 0 aliphatic carbocycles. The van der Waals surface area contributed by atoms with Gasteiger partial charge in [0, 0.05) is 64.1 Å². The van der Waals surface area contributed by atoms with E-state index in [0.717, 1.165) is 49.7 Å². The third-order valence-corrected chi connectivity index (χ3v) is 11.0. The lowest BCUT2D eigenvalue weighted by atomic mass is 10.0. The third kappa shape index (κ3) is 4.37. The molecule has 0 atom stereocenters. The van der Waals surface area contributed by atoms with Crippen LogP contribution in [0.5, 0.6) is 0 Å². The average molecular weight is 671 g/mol. The minimum absolute atomic E-state index is 0.641. The highest BCUT2D eigenvalue weighted by atomic mass is 32.1. The highest BCUT2D eigenvalue weighted by Gasteiger charge is 2.19. The standard InChI is InChI=1S/C45H26N4OS/c1-3-11-27(12-4-1)43-46-44(28-13-5-2-6-14-28)48-45(47-43)29-19-23-39-34(25-29)42-40(51-39)24-22-38-41(42)33-26-30(20-21-37(33)50-38)49-35-17-9-7-15-31(35)32-16-8-10-18-36(32)49/h1-26H. The first-order valence-corrected chi connectivity index (χ1v) is 17.8. The van der Waals surface area contributed by atoms with Crippen molar-refractivity contribution in [2.75, 3.05) is 0 Å². The van der Waals surface area contributed by atoms with E-state index in [4.69, 9.17) is 19.4 Å². The molecule has 0 aliphatic rings. The third-order valence-electron chi connectivity index (χ3n) is 9.85. The zero-order valence-corrected chi connectivity index (χ0v) is 27.9. The average Bonchev–Trinajstić information content (AvgIpc) is 3.87. The number of nitrogens with zero attached hydrogens (tertiary/aromatic N) is 4. The molecule has 6 heteroatoms. The minimum Gasteiger partial charge on any atom is -0.456 e. The zero-order valence-electron chi connectivity index (χ0n) is 27.1. The van der Waals surface area contributed by atoms with Crippen molar-refractivity contribution in [3.05, 3.63) is 158 Å². The van der Waals surface area contributed by atoms with E-state index in [9.17, 15) is 0 Å². The first kappa shape index (κ1) is 28.2. The molecule has 4 aromatic heterocycles. The molecule has 0 unspecified atom stereocenters. The van der Waals surface area contributed by atoms with E-state index in [1.54, 1.807) is 11.3 Å². The maximum absolute atomic E-state index is 6.53. The van der Waals surface area contributed by atoms with Crippen LogP contribution in [0.4, 0.5) is 0 Å². The van der Waals surface area contributed by atoms with Crippen molar-refractivity contribution in [3.63, 3.8) is 0 Å². The normalized spacial score (nSPS) is 11.9. The first-order chi connectivity index (χ1) is 25.3. The summed E-state index contributed by atoms with van der Waals surface area (Å²) in [5.74, 6) is 1.94. The summed E-state index contributed by atoms with van der Waals surface area (Å²) in [7, 11) is 0. The molecule has 0 saturated heterocycles. The van der Waals surface area contributed by atoms with Crippen LogP contribution in [0.15, 0.2) is 162 Å². The lowest BCUT2D eigenvalue weighted by Gasteiger charge is -2.09. The molecular formula is C45H26N4OS. The van der Waals surface area contributed by atoms with E-state index >= 15 is 0 Å². The van der Waals surface area contributed by atoms with Crippen LogP contribution in [0, 0.1) is 0 Å². The molecule has 238 valence electrons. The second-order valence-corrected chi connectivity index (χ2v) is 13.9. The number of hydrogen-bond acceptors (Lipinski definition) is 5. The molecule has 0 spiro atoms. The topological polar surface area (TPSA) is 56.7 Å². The summed E-state index contributed by atoms with van der Waals surface area (Å²) in [5, 5.41) is 7.05. The Balaban J connectivity index is 1.15. The Bertz CT molecular complexity index is 3030. The molecule has 0 bridgehead atoms. The summed E-state index contributed by atoms with van der Waals surface area (Å²) in [6.07, 6.45) is 0. The molecular weight excluding hydrogens is 645 g/mol. The highest BCUT2D eigenvalue weighted by molar-refractivity contribution is 7.26. The van der Waals surface area contributed by atoms with Crippen LogP contribution in [-0.2, 0) is 0 Å². The summed E-state index contributed by atoms with van der Waals surface area (Å²) in [5.41, 5.74) is 8.06. The Hall–Kier alpha value is -6.63. The second-order valence-electron chi connectivity index (χ2n) is 12.8. The number of rotatable bonds is 4. The molecule has 0 amide bonds. The van der Waals surface area contributed by atoms with Gasteiger partial charge in [-0.05, 0) is 60.7 Å². The van der Waals surface area contributed by atoms with E-state index in [2.05, 4.69) is 102 Å². The van der Waals surface area contributed by atoms with E-state index < -0.39 is 0 Å². The van der Waals surface area contributed by atoms with Crippen molar-refractivity contribution < 1.29 is 4.42 Å². The van der Waals surface area contributed by atoms with Crippen molar-refractivity contribution in [2.45, 2.75) is 0 Å². The smallest absolute Gasteiger partial charge is 0.164 e. The van der Waals surface area contributed by atoms with Gasteiger partial charge in [0.2, 0.25) is 0 Å². The van der Waals surface area contributed by atoms with Crippen molar-refractivity contribution in [3.8, 4) is 39.9 Å². The maximum atomic E-state index is 6.53. The van der Waals surface area contributed by atoms with Gasteiger partial charge in [0.1, 0.15) is 11.2 Å². The minimum atomic E-state index is 0.641. The van der Waals surface area contributed by atoms with Gasteiger partial charge in [0.05, 0.1) is 11.0 Å². The molecule has 0 radical (unpaired) electrons. The SMILES string of the molecule is c1ccc(-c2nc(-c3ccccc3)nc(-c3ccc4sc5ccc6oc7ccc(-n8c9ccccc9c9ccccc98)cc7c6c5c4c3)n2)cc1. The van der Waals surface area contributed by atoms with Gasteiger partial charge in [0.25, 0.3) is 0 Å². The van der Waals surface area contributed by atoms with Crippen LogP contribution >= 0.6 is 11.3 Å². The Morgan fingerprint density at radius 3 is 1.65 bits per heavy atom. The van der Waals surface area contributed by atoms with Crippen LogP contribution in [-0.4, -0.2) is 19.5 Å². The van der Waals surface area contributed by atoms with Crippen LogP contribution in [0.3, 0.4) is 0 Å². The van der Waals surface area contributed by atoms with Crippen molar-refractivity contribution in [1.29, 1.82) is 0 Å². The molecule has 0 aliphatic heterocycles. The zero-order chi connectivity index (χ0) is 33.5. The molecule has 0 saturated carbocycles. The predicted octanol–water partition coefficient (Wildman–Crippen LogP) is 12.2. The van der Waals surface area contributed by atoms with Crippen molar-refractivity contribution >= 4 is 75.3 Å². The van der Waals surface area contributed by atoms with Gasteiger partial charge in [-0.3, -0.25) is 0 Å². The number of thiophene rings is 1. The number of fused-ring (bicyclic) bond motifs is 10. The fraction of sp³-hybridized carbons (Fsp3) is 0. The highest BCUT2D eigenvalue weighted by Crippen LogP contribution is 2.44. The van der Waals surface area contributed by atoms with Gasteiger partial charge in [0.15, 0.2) is 17.5 Å². The monoisotopic (exact) mass is 670 g/mol. The number of aromatic nitrogens is 4. The Kier molecular flexibility index (Phi) is 6.05. The summed E-state index contributed by atoms with van der Waals surface area (Å²) in [6.45, 7) is 0. The fourth-order valence-corrected chi connectivity index (χ4v) is 8.63. The first-order valence-electron chi connectivity index (χ1n) is 16.9. The molecule has 7 aromatic carbocycles. The Labute approximate surface area is 295 Å². The van der Waals surface area contributed by atoms with E-state index in [-0.39, 0.29) is 0 Å². The molecule has 4 heterocycles. The van der Waals surface area contributed by atoms with E-state index in [1.807, 2.05) is 60.7 Å². The molecule has 0 fully saturated rings. The number of para-hydroxylation sites is 2. The second kappa shape index (κ2) is 10.9. The van der Waals surface area contributed by atoms with Crippen molar-refractivity contribution in [1.82, 2.24) is 19.5 Å². The molecule has 5 nitrogen and oxygen atoms in total. The largest absolute Gasteiger partial charge is 0.456 e. The summed E-state index contributed by atoms with van der Waals surface area (Å²) in [4.78, 5) is 14.9. The Morgan fingerprint density at radius 1 is 0.412 bits per heavy atom. The molecule has 0 N–H and O–H groups in total. The van der Waals surface area contributed by atoms with E-state index in [0.29, 0.717) is 17.5 Å². The quantitative estimate of drug-likeness (QED) is 0.187. The van der Waals surface area contributed by atoms with Gasteiger partial charge in [-0.2, -0.15) is 0 Å². The molecule has 11 aromatic rings. The van der Waals surface area contributed by atoms with Gasteiger partial charge >= 0.3 is 0 Å². The van der Waals surface area contributed by atoms with Crippen LogP contribution in [0.25, 0.3) is 104 Å². The van der Waals surface area contributed by atoms with Crippen LogP contribution < -0.4 is 0 Å². The van der Waals surface area contributed by atoms with Crippen LogP contribution in [0.2, 0.25) is 0 Å². The summed E-state index contributed by atoms with van der Waals surface area (Å²) < 4.78 is 11.3. The number of furan rings is 1. The maximum Gasteiger partial charge on any atom is 0.164 e. The molecule has 51 heavy (non-hydrogen) atoms. The van der Waals surface area contributed by atoms with Gasteiger partial charge in [-0.25, -0.2) is 15.0 Å². The van der Waals surface area contributed by atoms with Crippen LogP contribution in [0.1, 0.15) is 0 Å². The summed E-state index contributed by atoms with van der Waals surface area (Å²) in [6, 6.07) is 54.9. The van der Waals surface area contributed by atoms with Gasteiger partial charge in [-0.15, -0.1) is 11.3 Å². The van der Waals surface area contributed by atoms with Gasteiger partial charge in [-0.1, -0.05) is 97.1 Å². The molecule has 11 rings (SSSR count). The fourth-order valence-electron chi connectivity index (χ4n) is 7.54. The number of hydrogen-bond donors (Lipinski definition) is 0. The van der Waals surface area contributed by atoms with E-state index in [1.165, 1.54) is 36.6 Å². The number of benzene rings is 7. The lowest BCUT2D eigenvalue weighted by Crippen LogP contribution is -2.00. The summed E-state index contributed by atoms with van der Waals surface area (Å²) >= 11 is 1.80. The van der Waals surface area contributed by atoms with Crippen molar-refractivity contribution in [2.24, 2.45) is 0 Å². The predicted molar refractivity (Wildman–Crippen MR) is 211 cm³/mol. The lowest BCUT2D eigenvalue weighted by molar-refractivity contribution is 0.669. The Morgan fingerprint density at radius 2 is 0.980 bits per heavy atom. The van der Waals surface area contributed by atoms with Gasteiger partial charge < -0.3 is 8.98 Å².